The molecule has 6 nitrogen and oxygen atoms in total. The molecular weight excluding hydrogens is 508 g/mol. The van der Waals surface area contributed by atoms with Crippen LogP contribution in [0.15, 0.2) is 0 Å². The van der Waals surface area contributed by atoms with Crippen molar-refractivity contribution >= 4 is 29.3 Å². The number of aldehydes is 1. The monoisotopic (exact) mass is 570 g/mol. The molecule has 0 radical (unpaired) electrons. The third-order valence-electron chi connectivity index (χ3n) is 7.14. The van der Waals surface area contributed by atoms with E-state index in [0.717, 1.165) is 82.9 Å². The summed E-state index contributed by atoms with van der Waals surface area (Å²) in [5.74, 6) is 0.666. The van der Waals surface area contributed by atoms with E-state index in [9.17, 15) is 14.4 Å². The fourth-order valence-corrected chi connectivity index (χ4v) is 5.63. The summed E-state index contributed by atoms with van der Waals surface area (Å²) in [6.45, 7) is 6.67. The molecule has 0 aromatic carbocycles. The first-order chi connectivity index (χ1) is 18.9. The summed E-state index contributed by atoms with van der Waals surface area (Å²) in [5, 5.41) is 0.114. The first kappa shape index (κ1) is 37.9. The summed E-state index contributed by atoms with van der Waals surface area (Å²) in [5.41, 5.74) is 0. The first-order valence-electron chi connectivity index (χ1n) is 16.1. The van der Waals surface area contributed by atoms with E-state index in [2.05, 4.69) is 18.7 Å². The van der Waals surface area contributed by atoms with Crippen molar-refractivity contribution in [2.45, 2.75) is 148 Å². The smallest absolute Gasteiger partial charge is 0.306 e. The Morgan fingerprint density at radius 3 is 1.85 bits per heavy atom. The van der Waals surface area contributed by atoms with E-state index in [1.165, 1.54) is 63.1 Å². The van der Waals surface area contributed by atoms with Gasteiger partial charge in [-0.15, -0.1) is 0 Å². The molecule has 1 amide bonds. The Labute approximate surface area is 245 Å². The summed E-state index contributed by atoms with van der Waals surface area (Å²) in [6, 6.07) is 0. The van der Waals surface area contributed by atoms with Crippen molar-refractivity contribution in [3.63, 3.8) is 0 Å². The second-order valence-corrected chi connectivity index (χ2v) is 12.3. The zero-order valence-corrected chi connectivity index (χ0v) is 26.9. The van der Waals surface area contributed by atoms with Crippen LogP contribution in [0.5, 0.6) is 0 Å². The Morgan fingerprint density at radius 2 is 1.26 bits per heavy atom. The number of hydrogen-bond donors (Lipinski definition) is 0. The van der Waals surface area contributed by atoms with Gasteiger partial charge in [0.15, 0.2) is 0 Å². The fraction of sp³-hybridized carbons (Fsp3) is 0.906. The van der Waals surface area contributed by atoms with E-state index in [1.54, 1.807) is 0 Å². The molecule has 0 aromatic heterocycles. The van der Waals surface area contributed by atoms with Crippen LogP contribution in [0.25, 0.3) is 0 Å². The zero-order chi connectivity index (χ0) is 29.0. The Balaban J connectivity index is 4.63. The minimum Gasteiger partial charge on any atom is -0.462 e. The molecule has 0 fully saturated rings. The van der Waals surface area contributed by atoms with Gasteiger partial charge < -0.3 is 19.3 Å². The highest BCUT2D eigenvalue weighted by atomic mass is 32.2. The number of esters is 1. The lowest BCUT2D eigenvalue weighted by Gasteiger charge is -2.23. The number of carbonyl (C=O) groups is 3. The molecule has 0 spiro atoms. The molecule has 0 saturated heterocycles. The van der Waals surface area contributed by atoms with Crippen LogP contribution in [-0.2, 0) is 14.3 Å². The Kier molecular flexibility index (Phi) is 27.7. The van der Waals surface area contributed by atoms with Gasteiger partial charge in [-0.25, -0.2) is 0 Å². The molecule has 0 aliphatic heterocycles. The number of carbonyl (C=O) groups excluding carboxylic acids is 3. The number of unbranched alkanes of at least 4 members (excludes halogenated alkanes) is 13. The Hall–Kier alpha value is -1.08. The van der Waals surface area contributed by atoms with Crippen LogP contribution in [-0.4, -0.2) is 72.9 Å². The van der Waals surface area contributed by atoms with Gasteiger partial charge in [0, 0.05) is 38.2 Å². The average Bonchev–Trinajstić information content (AvgIpc) is 2.90. The summed E-state index contributed by atoms with van der Waals surface area (Å²) < 4.78 is 5.96. The lowest BCUT2D eigenvalue weighted by atomic mass is 10.0. The van der Waals surface area contributed by atoms with Gasteiger partial charge in [0.2, 0.25) is 0 Å². The third-order valence-corrected chi connectivity index (χ3v) is 8.03. The third kappa shape index (κ3) is 25.6. The number of thioether (sulfide) groups is 1. The maximum Gasteiger partial charge on any atom is 0.306 e. The van der Waals surface area contributed by atoms with Crippen LogP contribution >= 0.6 is 11.8 Å². The average molecular weight is 571 g/mol. The quantitative estimate of drug-likeness (QED) is 0.0533. The lowest BCUT2D eigenvalue weighted by Crippen LogP contribution is -2.31. The van der Waals surface area contributed by atoms with Gasteiger partial charge in [0.05, 0.1) is 0 Å². The number of nitrogens with zero attached hydrogens (tertiary/aromatic N) is 2. The van der Waals surface area contributed by atoms with Crippen molar-refractivity contribution < 1.29 is 19.1 Å². The molecule has 0 saturated carbocycles. The molecule has 230 valence electrons. The van der Waals surface area contributed by atoms with Crippen LogP contribution in [0, 0.1) is 0 Å². The van der Waals surface area contributed by atoms with Crippen molar-refractivity contribution in [1.29, 1.82) is 0 Å². The summed E-state index contributed by atoms with van der Waals surface area (Å²) in [6.07, 6.45) is 22.1. The van der Waals surface area contributed by atoms with Crippen LogP contribution in [0.3, 0.4) is 0 Å². The minimum atomic E-state index is -0.107. The second kappa shape index (κ2) is 28.4. The van der Waals surface area contributed by atoms with E-state index in [-0.39, 0.29) is 17.3 Å². The molecule has 7 heteroatoms. The van der Waals surface area contributed by atoms with Crippen molar-refractivity contribution in [2.75, 3.05) is 39.5 Å². The van der Waals surface area contributed by atoms with E-state index in [4.69, 9.17) is 4.74 Å². The largest absolute Gasteiger partial charge is 0.462 e. The molecule has 0 heterocycles. The molecule has 0 atom stereocenters. The van der Waals surface area contributed by atoms with Gasteiger partial charge in [0.1, 0.15) is 12.4 Å². The molecule has 0 aliphatic rings. The van der Waals surface area contributed by atoms with Crippen LogP contribution in [0.1, 0.15) is 142 Å². The number of rotatable bonds is 28. The summed E-state index contributed by atoms with van der Waals surface area (Å²) >= 11 is 1.38. The van der Waals surface area contributed by atoms with Crippen molar-refractivity contribution in [2.24, 2.45) is 0 Å². The Morgan fingerprint density at radius 1 is 0.718 bits per heavy atom. The van der Waals surface area contributed by atoms with Crippen molar-refractivity contribution in [3.05, 3.63) is 0 Å². The summed E-state index contributed by atoms with van der Waals surface area (Å²) in [7, 11) is 4.03. The van der Waals surface area contributed by atoms with Gasteiger partial charge in [-0.2, -0.15) is 0 Å². The zero-order valence-electron chi connectivity index (χ0n) is 26.1. The molecule has 0 aliphatic carbocycles. The van der Waals surface area contributed by atoms with Crippen LogP contribution in [0.2, 0.25) is 0 Å². The maximum absolute atomic E-state index is 12.9. The van der Waals surface area contributed by atoms with Crippen molar-refractivity contribution in [1.82, 2.24) is 9.80 Å². The van der Waals surface area contributed by atoms with E-state index >= 15 is 0 Å². The van der Waals surface area contributed by atoms with Crippen LogP contribution in [0.4, 0.5) is 4.79 Å². The number of hydrogen-bond acceptors (Lipinski definition) is 6. The van der Waals surface area contributed by atoms with Gasteiger partial charge in [-0.3, -0.25) is 9.59 Å². The molecule has 39 heavy (non-hydrogen) atoms. The molecule has 0 aromatic rings. The molecule has 0 bridgehead atoms. The predicted octanol–water partition coefficient (Wildman–Crippen LogP) is 8.66. The molecule has 0 rings (SSSR count). The highest BCUT2D eigenvalue weighted by Crippen LogP contribution is 2.18. The first-order valence-corrected chi connectivity index (χ1v) is 17.1. The predicted molar refractivity (Wildman–Crippen MR) is 168 cm³/mol. The molecular formula is C32H62N2O4S. The fourth-order valence-electron chi connectivity index (χ4n) is 4.63. The standard InChI is InChI=1S/C32H62N2O4S/c1-5-7-9-13-17-22-30(23-18-14-10-8-6-2)38-31(36)24-21-26-34(32(37)39-29-27-33(3)4)25-19-15-11-12-16-20-28-35/h28,30H,5-27,29H2,1-4H3. The normalized spacial score (nSPS) is 11.3. The van der Waals surface area contributed by atoms with E-state index in [0.29, 0.717) is 25.8 Å². The van der Waals surface area contributed by atoms with E-state index in [1.807, 2.05) is 19.0 Å². The second-order valence-electron chi connectivity index (χ2n) is 11.2. The molecule has 0 unspecified atom stereocenters. The number of ether oxygens (including phenoxy) is 1. The van der Waals surface area contributed by atoms with Gasteiger partial charge in [0.25, 0.3) is 5.24 Å². The van der Waals surface area contributed by atoms with E-state index < -0.39 is 0 Å². The summed E-state index contributed by atoms with van der Waals surface area (Å²) in [4.78, 5) is 40.1. The molecule has 0 N–H and O–H groups in total. The lowest BCUT2D eigenvalue weighted by molar-refractivity contribution is -0.150. The highest BCUT2D eigenvalue weighted by Gasteiger charge is 2.17. The highest BCUT2D eigenvalue weighted by molar-refractivity contribution is 8.13. The van der Waals surface area contributed by atoms with Gasteiger partial charge in [-0.05, 0) is 59.0 Å². The topological polar surface area (TPSA) is 66.9 Å². The van der Waals surface area contributed by atoms with Gasteiger partial charge >= 0.3 is 5.97 Å². The van der Waals surface area contributed by atoms with Gasteiger partial charge in [-0.1, -0.05) is 96.2 Å². The minimum absolute atomic E-state index is 0.0410. The van der Waals surface area contributed by atoms with Crippen LogP contribution < -0.4 is 0 Å². The van der Waals surface area contributed by atoms with Crippen molar-refractivity contribution in [3.8, 4) is 0 Å². The number of amides is 1. The SMILES string of the molecule is CCCCCCCC(CCCCCCC)OC(=O)CCCN(CCCCCCCC=O)C(=O)SCCN(C)C. The maximum atomic E-state index is 12.9. The Bertz CT molecular complexity index is 575.